The van der Waals surface area contributed by atoms with Crippen LogP contribution in [0.3, 0.4) is 0 Å². The Morgan fingerprint density at radius 3 is 2.86 bits per heavy atom. The zero-order valence-electron chi connectivity index (χ0n) is 8.11. The Labute approximate surface area is 83.6 Å². The zero-order chi connectivity index (χ0) is 9.80. The lowest BCUT2D eigenvalue weighted by Gasteiger charge is -2.01. The monoisotopic (exact) mass is 190 g/mol. The number of carbonyl (C=O) groups excluding carboxylic acids is 1. The Kier molecular flexibility index (Phi) is 2.82. The predicted octanol–water partition coefficient (Wildman–Crippen LogP) is 3.05. The molecule has 2 heteroatoms. The SMILES string of the molecule is O=C(/C=C/c1ccco1)C1CCCC1. The van der Waals surface area contributed by atoms with E-state index in [-0.39, 0.29) is 11.7 Å². The van der Waals surface area contributed by atoms with E-state index in [0.29, 0.717) is 0 Å². The van der Waals surface area contributed by atoms with Crippen LogP contribution in [0.1, 0.15) is 31.4 Å². The molecule has 1 fully saturated rings. The van der Waals surface area contributed by atoms with Crippen LogP contribution in [0.2, 0.25) is 0 Å². The Morgan fingerprint density at radius 1 is 1.43 bits per heavy atom. The first kappa shape index (κ1) is 9.25. The highest BCUT2D eigenvalue weighted by Crippen LogP contribution is 2.25. The Bertz CT molecular complexity index is 316. The van der Waals surface area contributed by atoms with Crippen molar-refractivity contribution in [3.8, 4) is 0 Å². The van der Waals surface area contributed by atoms with Crippen molar-refractivity contribution < 1.29 is 9.21 Å². The summed E-state index contributed by atoms with van der Waals surface area (Å²) in [6.07, 6.45) is 9.52. The minimum absolute atomic E-state index is 0.249. The van der Waals surface area contributed by atoms with E-state index in [9.17, 15) is 4.79 Å². The minimum Gasteiger partial charge on any atom is -0.465 e. The molecular formula is C12H14O2. The van der Waals surface area contributed by atoms with Crippen LogP contribution in [0.5, 0.6) is 0 Å². The first-order valence-corrected chi connectivity index (χ1v) is 5.12. The highest BCUT2D eigenvalue weighted by Gasteiger charge is 2.20. The number of rotatable bonds is 3. The fourth-order valence-corrected chi connectivity index (χ4v) is 1.90. The molecule has 1 saturated carbocycles. The lowest BCUT2D eigenvalue weighted by molar-refractivity contribution is -0.117. The molecule has 74 valence electrons. The van der Waals surface area contributed by atoms with E-state index in [0.717, 1.165) is 18.6 Å². The van der Waals surface area contributed by atoms with Gasteiger partial charge in [-0.05, 0) is 37.1 Å². The maximum atomic E-state index is 11.6. The van der Waals surface area contributed by atoms with Crippen LogP contribution in [-0.4, -0.2) is 5.78 Å². The van der Waals surface area contributed by atoms with Crippen molar-refractivity contribution in [3.05, 3.63) is 30.2 Å². The van der Waals surface area contributed by atoms with Gasteiger partial charge in [-0.25, -0.2) is 0 Å². The van der Waals surface area contributed by atoms with Gasteiger partial charge in [-0.1, -0.05) is 12.8 Å². The van der Waals surface area contributed by atoms with Gasteiger partial charge in [0, 0.05) is 5.92 Å². The molecule has 2 nitrogen and oxygen atoms in total. The Morgan fingerprint density at radius 2 is 2.21 bits per heavy atom. The Balaban J connectivity index is 1.93. The standard InChI is InChI=1S/C12H14O2/c13-12(10-4-1-2-5-10)8-7-11-6-3-9-14-11/h3,6-10H,1-2,4-5H2/b8-7+. The summed E-state index contributed by atoms with van der Waals surface area (Å²) in [5.41, 5.74) is 0. The van der Waals surface area contributed by atoms with E-state index in [1.54, 1.807) is 18.4 Å². The average Bonchev–Trinajstić information content (AvgIpc) is 2.87. The largest absolute Gasteiger partial charge is 0.465 e. The molecule has 1 aromatic rings. The molecule has 0 radical (unpaired) electrons. The van der Waals surface area contributed by atoms with Gasteiger partial charge in [0.05, 0.1) is 6.26 Å². The molecule has 0 unspecified atom stereocenters. The fraction of sp³-hybridized carbons (Fsp3) is 0.417. The van der Waals surface area contributed by atoms with Gasteiger partial charge in [-0.3, -0.25) is 4.79 Å². The van der Waals surface area contributed by atoms with Crippen molar-refractivity contribution in [1.29, 1.82) is 0 Å². The van der Waals surface area contributed by atoms with Gasteiger partial charge in [-0.15, -0.1) is 0 Å². The van der Waals surface area contributed by atoms with Crippen LogP contribution in [-0.2, 0) is 4.79 Å². The number of allylic oxidation sites excluding steroid dienone is 1. The summed E-state index contributed by atoms with van der Waals surface area (Å²) < 4.78 is 5.11. The molecule has 0 aliphatic heterocycles. The molecule has 0 aromatic carbocycles. The van der Waals surface area contributed by atoms with Crippen LogP contribution in [0, 0.1) is 5.92 Å². The average molecular weight is 190 g/mol. The summed E-state index contributed by atoms with van der Waals surface area (Å²) in [5, 5.41) is 0. The van der Waals surface area contributed by atoms with Crippen LogP contribution in [0.4, 0.5) is 0 Å². The minimum atomic E-state index is 0.249. The summed E-state index contributed by atoms with van der Waals surface area (Å²) in [6.45, 7) is 0. The summed E-state index contributed by atoms with van der Waals surface area (Å²) >= 11 is 0. The first-order valence-electron chi connectivity index (χ1n) is 5.12. The van der Waals surface area contributed by atoms with Crippen molar-refractivity contribution in [3.63, 3.8) is 0 Å². The molecule has 1 aliphatic rings. The van der Waals surface area contributed by atoms with Crippen molar-refractivity contribution >= 4 is 11.9 Å². The summed E-state index contributed by atoms with van der Waals surface area (Å²) in [4.78, 5) is 11.6. The van der Waals surface area contributed by atoms with E-state index in [2.05, 4.69) is 0 Å². The van der Waals surface area contributed by atoms with Crippen molar-refractivity contribution in [1.82, 2.24) is 0 Å². The maximum absolute atomic E-state index is 11.6. The van der Waals surface area contributed by atoms with Crippen LogP contribution in [0.15, 0.2) is 28.9 Å². The molecule has 1 aliphatic carbocycles. The summed E-state index contributed by atoms with van der Waals surface area (Å²) in [5.74, 6) is 1.26. The van der Waals surface area contributed by atoms with E-state index in [1.165, 1.54) is 12.8 Å². The quantitative estimate of drug-likeness (QED) is 0.686. The van der Waals surface area contributed by atoms with Gasteiger partial charge >= 0.3 is 0 Å². The second-order valence-corrected chi connectivity index (χ2v) is 3.73. The van der Waals surface area contributed by atoms with E-state index < -0.39 is 0 Å². The molecule has 0 N–H and O–H groups in total. The van der Waals surface area contributed by atoms with Crippen molar-refractivity contribution in [2.45, 2.75) is 25.7 Å². The predicted molar refractivity (Wildman–Crippen MR) is 54.7 cm³/mol. The van der Waals surface area contributed by atoms with Gasteiger partial charge in [0.2, 0.25) is 0 Å². The number of ketones is 1. The number of hydrogen-bond donors (Lipinski definition) is 0. The van der Waals surface area contributed by atoms with Crippen LogP contribution >= 0.6 is 0 Å². The number of furan rings is 1. The van der Waals surface area contributed by atoms with E-state index >= 15 is 0 Å². The molecule has 0 atom stereocenters. The zero-order valence-corrected chi connectivity index (χ0v) is 8.11. The second-order valence-electron chi connectivity index (χ2n) is 3.73. The topological polar surface area (TPSA) is 30.2 Å². The first-order chi connectivity index (χ1) is 6.86. The van der Waals surface area contributed by atoms with Crippen LogP contribution < -0.4 is 0 Å². The normalized spacial score (nSPS) is 18.0. The molecule has 0 spiro atoms. The van der Waals surface area contributed by atoms with Crippen molar-refractivity contribution in [2.24, 2.45) is 5.92 Å². The summed E-state index contributed by atoms with van der Waals surface area (Å²) in [7, 11) is 0. The van der Waals surface area contributed by atoms with E-state index in [4.69, 9.17) is 4.42 Å². The molecular weight excluding hydrogens is 176 g/mol. The second kappa shape index (κ2) is 4.27. The molecule has 0 saturated heterocycles. The number of hydrogen-bond acceptors (Lipinski definition) is 2. The summed E-state index contributed by atoms with van der Waals surface area (Å²) in [6, 6.07) is 3.66. The maximum Gasteiger partial charge on any atom is 0.158 e. The van der Waals surface area contributed by atoms with Gasteiger partial charge < -0.3 is 4.42 Å². The van der Waals surface area contributed by atoms with Crippen molar-refractivity contribution in [2.75, 3.05) is 0 Å². The fourth-order valence-electron chi connectivity index (χ4n) is 1.90. The highest BCUT2D eigenvalue weighted by atomic mass is 16.3. The van der Waals surface area contributed by atoms with Gasteiger partial charge in [0.15, 0.2) is 5.78 Å². The highest BCUT2D eigenvalue weighted by molar-refractivity contribution is 5.95. The van der Waals surface area contributed by atoms with Crippen LogP contribution in [0.25, 0.3) is 6.08 Å². The Hall–Kier alpha value is -1.31. The third-order valence-corrected chi connectivity index (χ3v) is 2.71. The van der Waals surface area contributed by atoms with Gasteiger partial charge in [-0.2, -0.15) is 0 Å². The van der Waals surface area contributed by atoms with Gasteiger partial charge in [0.25, 0.3) is 0 Å². The molecule has 0 bridgehead atoms. The molecule has 14 heavy (non-hydrogen) atoms. The van der Waals surface area contributed by atoms with E-state index in [1.807, 2.05) is 12.1 Å². The lowest BCUT2D eigenvalue weighted by atomic mass is 10.0. The smallest absolute Gasteiger partial charge is 0.158 e. The lowest BCUT2D eigenvalue weighted by Crippen LogP contribution is -2.06. The molecule has 2 rings (SSSR count). The third kappa shape index (κ3) is 2.13. The molecule has 1 heterocycles. The molecule has 1 aromatic heterocycles. The third-order valence-electron chi connectivity index (χ3n) is 2.71. The molecule has 0 amide bonds. The number of carbonyl (C=O) groups is 1. The van der Waals surface area contributed by atoms with Gasteiger partial charge in [0.1, 0.15) is 5.76 Å².